The Morgan fingerprint density at radius 3 is 0.273 bits per heavy atom. The second kappa shape index (κ2) is 162. The fourth-order valence-electron chi connectivity index (χ4n) is 0. The molecule has 7 nitrogen and oxygen atoms in total. The first-order chi connectivity index (χ1) is 0. The van der Waals surface area contributed by atoms with Gasteiger partial charge in [0.15, 0.2) is 0 Å². The van der Waals surface area contributed by atoms with Gasteiger partial charge in [0.1, 0.15) is 0 Å². The van der Waals surface area contributed by atoms with Crippen LogP contribution in [0.4, 0.5) is 0 Å². The molecule has 0 aliphatic rings. The fourth-order valence-corrected chi connectivity index (χ4v) is 0. The second-order valence-electron chi connectivity index (χ2n) is 0. The van der Waals surface area contributed by atoms with Crippen LogP contribution in [0.5, 0.6) is 0 Å². The predicted molar refractivity (Wildman–Crippen MR) is 4.81 cm³/mol. The van der Waals surface area contributed by atoms with Gasteiger partial charge in [0.25, 0.3) is 0 Å². The molecule has 0 N–H and O–H groups in total. The molecule has 0 aliphatic carbocycles. The third-order valence-electron chi connectivity index (χ3n) is 0. The summed E-state index contributed by atoms with van der Waals surface area (Å²) in [6.45, 7) is 0. The molecule has 0 unspecified atom stereocenters. The number of rotatable bonds is 0. The molecule has 0 aromatic rings. The maximum Gasteiger partial charge on any atom is 4.00 e. The quantitative estimate of drug-likeness (QED) is 0.424. The summed E-state index contributed by atoms with van der Waals surface area (Å²) in [6.07, 6.45) is 0. The van der Waals surface area contributed by atoms with E-state index in [4.69, 9.17) is 0 Å². The second-order valence-corrected chi connectivity index (χ2v) is 0. The first-order valence-corrected chi connectivity index (χ1v) is 0. The predicted octanol–water partition coefficient (Wildman–Crippen LogP) is -0.842. The van der Waals surface area contributed by atoms with E-state index in [9.17, 15) is 0 Å². The molecule has 0 saturated carbocycles. The van der Waals surface area contributed by atoms with Crippen molar-refractivity contribution in [2.45, 2.75) is 0 Å². The van der Waals surface area contributed by atoms with Crippen molar-refractivity contribution in [3.8, 4) is 0 Å². The average molecular weight is 472 g/mol. The smallest absolute Gasteiger partial charge is 2.00 e. The maximum atomic E-state index is 0. The molecule has 0 aliphatic heterocycles. The molecule has 0 aromatic carbocycles. The zero-order chi connectivity index (χ0) is 0. The molecule has 0 aromatic heterocycles. The van der Waals surface area contributed by atoms with Crippen LogP contribution in [0, 0.1) is 0 Å². The van der Waals surface area contributed by atoms with Crippen LogP contribution >= 0.6 is 0 Å². The Kier molecular flexibility index (Phi) is 2970. The fraction of sp³-hybridized carbons (Fsp3) is 0. The third-order valence-corrected chi connectivity index (χ3v) is 0. The number of hydrogen-bond donors (Lipinski definition) is 0. The van der Waals surface area contributed by atoms with Crippen molar-refractivity contribution >= 4 is 0 Å². The van der Waals surface area contributed by atoms with Gasteiger partial charge >= 0.3 is 118 Å². The Balaban J connectivity index is 0. The van der Waals surface area contributed by atoms with E-state index >= 15 is 0 Å². The van der Waals surface area contributed by atoms with E-state index in [0.717, 1.165) is 0 Å². The van der Waals surface area contributed by atoms with Crippen LogP contribution in [0.15, 0.2) is 0 Å². The van der Waals surface area contributed by atoms with E-state index in [-0.39, 0.29) is 156 Å². The van der Waals surface area contributed by atoms with Crippen molar-refractivity contribution in [1.29, 1.82) is 0 Å². The van der Waals surface area contributed by atoms with Gasteiger partial charge in [-0.05, 0) is 0 Å². The van der Waals surface area contributed by atoms with Crippen molar-refractivity contribution in [2.75, 3.05) is 0 Å². The Hall–Kier alpha value is 3.69. The van der Waals surface area contributed by atoms with Gasteiger partial charge in [-0.25, -0.2) is 0 Å². The molecule has 0 atom stereocenters. The molecule has 0 fully saturated rings. The van der Waals surface area contributed by atoms with Crippen LogP contribution in [-0.4, -0.2) is 0 Å². The van der Waals surface area contributed by atoms with Crippen molar-refractivity contribution in [2.24, 2.45) is 0 Å². The van der Waals surface area contributed by atoms with Crippen molar-refractivity contribution in [1.82, 2.24) is 0 Å². The molecule has 0 amide bonds. The molecule has 0 rings (SSSR count). The molecule has 0 saturated heterocycles. The summed E-state index contributed by atoms with van der Waals surface area (Å²) in [5, 5.41) is 0. The van der Waals surface area contributed by atoms with Gasteiger partial charge < -0.3 is 38.3 Å². The largest absolute Gasteiger partial charge is 4.00 e. The van der Waals surface area contributed by atoms with Gasteiger partial charge in [-0.3, -0.25) is 0 Å². The Bertz CT molecular complexity index is 14.4. The van der Waals surface area contributed by atoms with Gasteiger partial charge in [0, 0.05) is 0 Å². The van der Waals surface area contributed by atoms with Crippen LogP contribution in [0.25, 0.3) is 0 Å². The minimum absolute atomic E-state index is 0. The summed E-state index contributed by atoms with van der Waals surface area (Å²) >= 11 is 0. The van der Waals surface area contributed by atoms with Gasteiger partial charge in [-0.2, -0.15) is 0 Å². The van der Waals surface area contributed by atoms with Crippen molar-refractivity contribution < 1.29 is 156 Å². The van der Waals surface area contributed by atoms with Crippen LogP contribution in [0.1, 0.15) is 0 Å². The maximum absolute atomic E-state index is 0. The molecule has 0 heterocycles. The molecule has 0 spiro atoms. The molecule has 56 valence electrons. The summed E-state index contributed by atoms with van der Waals surface area (Å²) in [4.78, 5) is 0. The summed E-state index contributed by atoms with van der Waals surface area (Å²) in [5.74, 6) is 0. The summed E-state index contributed by atoms with van der Waals surface area (Å²) in [7, 11) is 0. The average Bonchev–Trinajstić information content (AvgIpc) is 0. The van der Waals surface area contributed by atoms with Crippen LogP contribution < -0.4 is 0 Å². The number of hydrogen-bond acceptors (Lipinski definition) is 0. The van der Waals surface area contributed by atoms with Gasteiger partial charge in [0.2, 0.25) is 0 Å². The molecular weight excluding hydrogens is 472 g/mol. The monoisotopic (exact) mass is 470 g/mol. The summed E-state index contributed by atoms with van der Waals surface area (Å²) < 4.78 is 0. The van der Waals surface area contributed by atoms with Gasteiger partial charge in [-0.15, -0.1) is 0 Å². The van der Waals surface area contributed by atoms with Crippen molar-refractivity contribution in [3.05, 3.63) is 0 Å². The van der Waals surface area contributed by atoms with Gasteiger partial charge in [-0.1, -0.05) is 0 Å². The van der Waals surface area contributed by atoms with E-state index in [2.05, 4.69) is 0 Å². The van der Waals surface area contributed by atoms with E-state index < -0.39 is 0 Å². The van der Waals surface area contributed by atoms with Gasteiger partial charge in [0.05, 0.1) is 0 Å². The third kappa shape index (κ3) is 137. The van der Waals surface area contributed by atoms with E-state index in [1.807, 2.05) is 0 Å². The van der Waals surface area contributed by atoms with Crippen LogP contribution in [-0.2, 0) is 156 Å². The van der Waals surface area contributed by atoms with Crippen LogP contribution in [0.3, 0.4) is 0 Å². The first kappa shape index (κ1) is 202. The Morgan fingerprint density at radius 1 is 0.273 bits per heavy atom. The summed E-state index contributed by atoms with van der Waals surface area (Å²) in [5.41, 5.74) is 0. The van der Waals surface area contributed by atoms with E-state index in [1.165, 1.54) is 0 Å². The van der Waals surface area contributed by atoms with Crippen LogP contribution in [0.2, 0.25) is 0 Å². The minimum Gasteiger partial charge on any atom is -2.00 e. The normalized spacial score (nSPS) is 0. The standard InChI is InChI=1S/7O.2Y.2Zr/q7*-2;2*+3;2*+4. The zero-order valence-electron chi connectivity index (χ0n) is 5.01. The van der Waals surface area contributed by atoms with E-state index in [0.29, 0.717) is 0 Å². The minimum atomic E-state index is 0. The first-order valence-electron chi connectivity index (χ1n) is 0. The molecule has 0 bridgehead atoms. The topological polar surface area (TPSA) is 200 Å². The molecule has 11 heavy (non-hydrogen) atoms. The molecule has 0 radical (unpaired) electrons. The summed E-state index contributed by atoms with van der Waals surface area (Å²) in [6, 6.07) is 0. The molecular formula is O7Y2Zr2. The Labute approximate surface area is 153 Å². The SMILES string of the molecule is [O-2].[O-2].[O-2].[O-2].[O-2].[O-2].[O-2].[Y+3].[Y+3].[Zr+4].[Zr+4]. The molecule has 11 heteroatoms. The zero-order valence-corrected chi connectivity index (χ0v) is 15.6. The Morgan fingerprint density at radius 2 is 0.273 bits per heavy atom. The van der Waals surface area contributed by atoms with Crippen molar-refractivity contribution in [3.63, 3.8) is 0 Å². The van der Waals surface area contributed by atoms with E-state index in [1.54, 1.807) is 0 Å².